The van der Waals surface area contributed by atoms with Gasteiger partial charge in [-0.15, -0.1) is 0 Å². The lowest BCUT2D eigenvalue weighted by molar-refractivity contribution is 0.0789. The molecule has 0 heterocycles. The van der Waals surface area contributed by atoms with Crippen molar-refractivity contribution in [1.82, 2.24) is 5.32 Å². The molecule has 1 saturated carbocycles. The van der Waals surface area contributed by atoms with Gasteiger partial charge in [0, 0.05) is 24.6 Å². The third kappa shape index (κ3) is 3.67. The van der Waals surface area contributed by atoms with Crippen molar-refractivity contribution >= 4 is 23.2 Å². The number of rotatable bonds is 5. The summed E-state index contributed by atoms with van der Waals surface area (Å²) in [5.41, 5.74) is 1.06. The Morgan fingerprint density at radius 1 is 1.25 bits per heavy atom. The van der Waals surface area contributed by atoms with Gasteiger partial charge >= 0.3 is 0 Å². The quantitative estimate of drug-likeness (QED) is 0.833. The average Bonchev–Trinajstić information content (AvgIpc) is 2.48. The summed E-state index contributed by atoms with van der Waals surface area (Å²) >= 11 is 12.3. The van der Waals surface area contributed by atoms with Crippen LogP contribution in [0.5, 0.6) is 0 Å². The largest absolute Gasteiger partial charge is 0.396 e. The Labute approximate surface area is 131 Å². The zero-order valence-corrected chi connectivity index (χ0v) is 13.5. The predicted octanol–water partition coefficient (Wildman–Crippen LogP) is 4.59. The molecule has 0 aliphatic heterocycles. The minimum absolute atomic E-state index is 0.0392. The molecule has 0 aromatic heterocycles. The van der Waals surface area contributed by atoms with Crippen LogP contribution in [0.1, 0.15) is 50.6 Å². The number of benzene rings is 1. The van der Waals surface area contributed by atoms with Crippen LogP contribution in [0.25, 0.3) is 0 Å². The molecule has 20 heavy (non-hydrogen) atoms. The maximum absolute atomic E-state index is 9.74. The van der Waals surface area contributed by atoms with Crippen molar-refractivity contribution in [1.29, 1.82) is 0 Å². The van der Waals surface area contributed by atoms with Crippen LogP contribution in [0, 0.1) is 5.41 Å². The second kappa shape index (κ2) is 7.13. The van der Waals surface area contributed by atoms with Gasteiger partial charge in [-0.1, -0.05) is 54.6 Å². The van der Waals surface area contributed by atoms with Crippen LogP contribution in [-0.4, -0.2) is 18.3 Å². The van der Waals surface area contributed by atoms with Crippen LogP contribution in [0.2, 0.25) is 10.0 Å². The topological polar surface area (TPSA) is 32.3 Å². The van der Waals surface area contributed by atoms with Crippen molar-refractivity contribution in [2.75, 3.05) is 13.2 Å². The molecule has 112 valence electrons. The number of halogens is 2. The van der Waals surface area contributed by atoms with E-state index >= 15 is 0 Å². The van der Waals surface area contributed by atoms with Gasteiger partial charge < -0.3 is 10.4 Å². The first kappa shape index (κ1) is 16.1. The Bertz CT molecular complexity index is 444. The maximum Gasteiger partial charge on any atom is 0.0639 e. The van der Waals surface area contributed by atoms with Crippen LogP contribution < -0.4 is 5.32 Å². The molecule has 1 fully saturated rings. The molecule has 1 unspecified atom stereocenters. The Kier molecular flexibility index (Phi) is 5.74. The minimum atomic E-state index is 0.0392. The summed E-state index contributed by atoms with van der Waals surface area (Å²) in [5.74, 6) is 0. The summed E-state index contributed by atoms with van der Waals surface area (Å²) in [6.45, 7) is 3.18. The highest BCUT2D eigenvalue weighted by molar-refractivity contribution is 6.42. The number of nitrogens with one attached hydrogen (secondary N) is 1. The Balaban J connectivity index is 2.00. The van der Waals surface area contributed by atoms with Crippen LogP contribution in [0.15, 0.2) is 18.2 Å². The number of aliphatic hydroxyl groups excluding tert-OH is 1. The number of hydrogen-bond acceptors (Lipinski definition) is 2. The zero-order valence-electron chi connectivity index (χ0n) is 12.0. The standard InChI is InChI=1S/C16H23Cl2NO/c1-12(13-6-5-7-14(17)15(13)18)19-10-16(11-20)8-3-2-4-9-16/h5-7,12,19-20H,2-4,8-11H2,1H3. The summed E-state index contributed by atoms with van der Waals surface area (Å²) in [6.07, 6.45) is 5.93. The van der Waals surface area contributed by atoms with Crippen molar-refractivity contribution in [3.63, 3.8) is 0 Å². The Morgan fingerprint density at radius 3 is 2.60 bits per heavy atom. The third-order valence-electron chi connectivity index (χ3n) is 4.48. The molecule has 2 rings (SSSR count). The van der Waals surface area contributed by atoms with Gasteiger partial charge in [-0.05, 0) is 31.4 Å². The van der Waals surface area contributed by atoms with Crippen LogP contribution in [0.3, 0.4) is 0 Å². The summed E-state index contributed by atoms with van der Waals surface area (Å²) in [4.78, 5) is 0. The van der Waals surface area contributed by atoms with Gasteiger partial charge in [0.15, 0.2) is 0 Å². The first-order valence-electron chi connectivity index (χ1n) is 7.36. The fourth-order valence-electron chi connectivity index (χ4n) is 3.03. The second-order valence-corrected chi connectivity index (χ2v) is 6.75. The molecule has 1 aromatic rings. The van der Waals surface area contributed by atoms with E-state index in [9.17, 15) is 5.11 Å². The SMILES string of the molecule is CC(NCC1(CO)CCCCC1)c1cccc(Cl)c1Cl. The molecule has 0 bridgehead atoms. The van der Waals surface area contributed by atoms with Gasteiger partial charge in [0.05, 0.1) is 10.0 Å². The lowest BCUT2D eigenvalue weighted by Crippen LogP contribution is -2.40. The fraction of sp³-hybridized carbons (Fsp3) is 0.625. The molecule has 0 spiro atoms. The minimum Gasteiger partial charge on any atom is -0.396 e. The maximum atomic E-state index is 9.74. The van der Waals surface area contributed by atoms with E-state index in [1.807, 2.05) is 12.1 Å². The Morgan fingerprint density at radius 2 is 1.95 bits per heavy atom. The van der Waals surface area contributed by atoms with Crippen molar-refractivity contribution in [2.24, 2.45) is 5.41 Å². The van der Waals surface area contributed by atoms with E-state index in [4.69, 9.17) is 23.2 Å². The highest BCUT2D eigenvalue weighted by atomic mass is 35.5. The van der Waals surface area contributed by atoms with Gasteiger partial charge in [0.2, 0.25) is 0 Å². The Hall–Kier alpha value is -0.280. The van der Waals surface area contributed by atoms with Crippen LogP contribution >= 0.6 is 23.2 Å². The van der Waals surface area contributed by atoms with E-state index < -0.39 is 0 Å². The van der Waals surface area contributed by atoms with Crippen molar-refractivity contribution in [3.8, 4) is 0 Å². The molecule has 1 aliphatic rings. The lowest BCUT2D eigenvalue weighted by atomic mass is 9.74. The molecule has 1 aromatic carbocycles. The summed E-state index contributed by atoms with van der Waals surface area (Å²) in [5, 5.41) is 14.5. The summed E-state index contributed by atoms with van der Waals surface area (Å²) < 4.78 is 0. The molecule has 2 nitrogen and oxygen atoms in total. The fourth-order valence-corrected chi connectivity index (χ4v) is 3.50. The van der Waals surface area contributed by atoms with Gasteiger partial charge in [0.1, 0.15) is 0 Å². The van der Waals surface area contributed by atoms with Gasteiger partial charge in [-0.25, -0.2) is 0 Å². The normalized spacial score (nSPS) is 19.8. The van der Waals surface area contributed by atoms with E-state index in [0.717, 1.165) is 24.9 Å². The summed E-state index contributed by atoms with van der Waals surface area (Å²) in [6, 6.07) is 5.85. The van der Waals surface area contributed by atoms with E-state index in [0.29, 0.717) is 10.0 Å². The molecular formula is C16H23Cl2NO. The molecule has 2 N–H and O–H groups in total. The monoisotopic (exact) mass is 315 g/mol. The van der Waals surface area contributed by atoms with Crippen LogP contribution in [0.4, 0.5) is 0 Å². The smallest absolute Gasteiger partial charge is 0.0639 e. The number of aliphatic hydroxyl groups is 1. The predicted molar refractivity (Wildman–Crippen MR) is 85.5 cm³/mol. The summed E-state index contributed by atoms with van der Waals surface area (Å²) in [7, 11) is 0. The van der Waals surface area contributed by atoms with Crippen molar-refractivity contribution in [3.05, 3.63) is 33.8 Å². The van der Waals surface area contributed by atoms with Gasteiger partial charge in [0.25, 0.3) is 0 Å². The van der Waals surface area contributed by atoms with E-state index in [2.05, 4.69) is 12.2 Å². The zero-order chi connectivity index (χ0) is 14.6. The molecule has 0 amide bonds. The number of hydrogen-bond donors (Lipinski definition) is 2. The first-order chi connectivity index (χ1) is 9.58. The molecule has 0 radical (unpaired) electrons. The van der Waals surface area contributed by atoms with E-state index in [-0.39, 0.29) is 18.1 Å². The molecular weight excluding hydrogens is 293 g/mol. The third-order valence-corrected chi connectivity index (χ3v) is 5.31. The second-order valence-electron chi connectivity index (χ2n) is 5.96. The average molecular weight is 316 g/mol. The molecule has 1 atom stereocenters. The van der Waals surface area contributed by atoms with Crippen molar-refractivity contribution < 1.29 is 5.11 Å². The molecule has 4 heteroatoms. The highest BCUT2D eigenvalue weighted by Crippen LogP contribution is 2.36. The van der Waals surface area contributed by atoms with E-state index in [1.54, 1.807) is 6.07 Å². The first-order valence-corrected chi connectivity index (χ1v) is 8.12. The van der Waals surface area contributed by atoms with Gasteiger partial charge in [-0.2, -0.15) is 0 Å². The van der Waals surface area contributed by atoms with E-state index in [1.165, 1.54) is 19.3 Å². The molecule has 0 saturated heterocycles. The van der Waals surface area contributed by atoms with Gasteiger partial charge in [-0.3, -0.25) is 0 Å². The molecule has 1 aliphatic carbocycles. The van der Waals surface area contributed by atoms with Crippen molar-refractivity contribution in [2.45, 2.75) is 45.1 Å². The van der Waals surface area contributed by atoms with Crippen LogP contribution in [-0.2, 0) is 0 Å². The lowest BCUT2D eigenvalue weighted by Gasteiger charge is -2.37. The highest BCUT2D eigenvalue weighted by Gasteiger charge is 2.31.